The van der Waals surface area contributed by atoms with E-state index in [9.17, 15) is 19.8 Å². The van der Waals surface area contributed by atoms with Crippen LogP contribution in [0.1, 0.15) is 79.1 Å². The molecule has 6 fully saturated rings. The Bertz CT molecular complexity index is 1060. The number of ether oxygens (including phenoxy) is 1. The summed E-state index contributed by atoms with van der Waals surface area (Å²) < 4.78 is 6.29. The quantitative estimate of drug-likeness (QED) is 0.249. The molecule has 11 heteroatoms. The molecule has 6 aliphatic rings. The van der Waals surface area contributed by atoms with Gasteiger partial charge in [0, 0.05) is 43.5 Å². The third kappa shape index (κ3) is 6.89. The molecule has 0 radical (unpaired) electrons. The van der Waals surface area contributed by atoms with Crippen molar-refractivity contribution in [2.24, 2.45) is 52.8 Å². The Balaban J connectivity index is 1.33. The van der Waals surface area contributed by atoms with E-state index in [4.69, 9.17) is 14.4 Å². The molecule has 5 aliphatic carbocycles. The van der Waals surface area contributed by atoms with Gasteiger partial charge < -0.3 is 25.2 Å². The molecule has 11 nitrogen and oxygen atoms in total. The molecule has 6 rings (SSSR count). The lowest BCUT2D eigenvalue weighted by atomic mass is 9.45. The predicted molar refractivity (Wildman–Crippen MR) is 174 cm³/mol. The lowest BCUT2D eigenvalue weighted by Gasteiger charge is -2.62. The Kier molecular flexibility index (Phi) is 11.4. The number of fused-ring (bicyclic) bond motifs is 2. The number of nitrogens with zero attached hydrogens (tertiary/aromatic N) is 2. The maximum absolute atomic E-state index is 14.2. The van der Waals surface area contributed by atoms with Crippen molar-refractivity contribution in [2.75, 3.05) is 41.5 Å². The third-order valence-corrected chi connectivity index (χ3v) is 13.4. The van der Waals surface area contributed by atoms with Gasteiger partial charge in [-0.3, -0.25) is 19.3 Å². The molecule has 0 aromatic carbocycles. The lowest BCUT2D eigenvalue weighted by molar-refractivity contribution is -0.193. The lowest BCUT2D eigenvalue weighted by Crippen LogP contribution is -2.62. The minimum atomic E-state index is -0.827. The van der Waals surface area contributed by atoms with Gasteiger partial charge in [-0.1, -0.05) is 27.2 Å². The van der Waals surface area contributed by atoms with Gasteiger partial charge in [0.1, 0.15) is 12.1 Å². The fourth-order valence-corrected chi connectivity index (χ4v) is 10.6. The number of aliphatic hydroxyl groups is 2. The largest absolute Gasteiger partial charge is 0.394 e. The van der Waals surface area contributed by atoms with Gasteiger partial charge in [-0.25, -0.2) is 5.48 Å². The van der Waals surface area contributed by atoms with E-state index in [2.05, 4.69) is 50.6 Å². The summed E-state index contributed by atoms with van der Waals surface area (Å²) in [6.07, 6.45) is 6.23. The van der Waals surface area contributed by atoms with Crippen LogP contribution in [0.15, 0.2) is 0 Å². The number of amides is 2. The number of rotatable bonds is 11. The topological polar surface area (TPSA) is 133 Å². The van der Waals surface area contributed by atoms with Gasteiger partial charge in [-0.05, 0) is 101 Å². The van der Waals surface area contributed by atoms with E-state index in [1.165, 1.54) is 13.5 Å². The van der Waals surface area contributed by atoms with E-state index >= 15 is 0 Å². The molecule has 2 amide bonds. The zero-order valence-electron chi connectivity index (χ0n) is 29.5. The van der Waals surface area contributed by atoms with Crippen molar-refractivity contribution in [2.45, 2.75) is 115 Å². The third-order valence-electron chi connectivity index (χ3n) is 13.4. The highest BCUT2D eigenvalue weighted by Gasteiger charge is 2.58. The van der Waals surface area contributed by atoms with Crippen molar-refractivity contribution in [3.05, 3.63) is 0 Å². The Morgan fingerprint density at radius 2 is 1.83 bits per heavy atom. The summed E-state index contributed by atoms with van der Waals surface area (Å²) in [7, 11) is 7.42. The zero-order chi connectivity index (χ0) is 33.5. The van der Waals surface area contributed by atoms with Crippen LogP contribution in [0.4, 0.5) is 0 Å². The van der Waals surface area contributed by atoms with Crippen LogP contribution in [0.3, 0.4) is 0 Å². The van der Waals surface area contributed by atoms with Crippen molar-refractivity contribution in [1.29, 1.82) is 0 Å². The minimum absolute atomic E-state index is 0.0629. The van der Waals surface area contributed by atoms with E-state index in [1.54, 1.807) is 19.1 Å². The summed E-state index contributed by atoms with van der Waals surface area (Å²) in [5, 5.41) is 26.3. The van der Waals surface area contributed by atoms with E-state index in [-0.39, 0.29) is 54.4 Å². The summed E-state index contributed by atoms with van der Waals surface area (Å²) in [5.74, 6) is 1.40. The first-order chi connectivity index (χ1) is 21.8. The van der Waals surface area contributed by atoms with E-state index in [1.807, 2.05) is 0 Å². The van der Waals surface area contributed by atoms with E-state index in [0.717, 1.165) is 44.9 Å². The van der Waals surface area contributed by atoms with Crippen LogP contribution in [-0.4, -0.2) is 110 Å². The average molecular weight is 651 g/mol. The number of aliphatic hydroxyl groups excluding tert-OH is 2. The van der Waals surface area contributed by atoms with Gasteiger partial charge in [-0.2, -0.15) is 5.06 Å². The second-order valence-electron chi connectivity index (χ2n) is 16.3. The van der Waals surface area contributed by atoms with Crippen LogP contribution in [0.5, 0.6) is 0 Å². The van der Waals surface area contributed by atoms with E-state index in [0.29, 0.717) is 35.6 Å². The monoisotopic (exact) mass is 650 g/mol. The maximum Gasteiger partial charge on any atom is 0.246 e. The van der Waals surface area contributed by atoms with Crippen LogP contribution in [0.2, 0.25) is 0 Å². The maximum atomic E-state index is 14.2. The molecule has 1 heterocycles. The normalized spacial score (nSPS) is 43.2. The molecular weight excluding hydrogens is 588 g/mol. The Hall–Kier alpha value is -1.34. The highest BCUT2D eigenvalue weighted by Crippen LogP contribution is 2.61. The number of carbonyl (C=O) groups is 2. The molecule has 1 aliphatic heterocycles. The number of hydrogen-bond donors (Lipinski definition) is 4. The summed E-state index contributed by atoms with van der Waals surface area (Å²) in [5.41, 5.74) is 2.89. The first-order valence-electron chi connectivity index (χ1n) is 17.9. The van der Waals surface area contributed by atoms with Crippen LogP contribution < -0.4 is 10.8 Å². The zero-order valence-corrected chi connectivity index (χ0v) is 29.5. The van der Waals surface area contributed by atoms with Gasteiger partial charge >= 0.3 is 0 Å². The van der Waals surface area contributed by atoms with Crippen molar-refractivity contribution >= 4 is 11.8 Å². The molecule has 0 aromatic rings. The highest BCUT2D eigenvalue weighted by molar-refractivity contribution is 5.83. The smallest absolute Gasteiger partial charge is 0.246 e. The SMILES string of the molecule is CONC(=O)C1CC(C2CCCC(CN3O[C@@H](CO)[C@@H]([C@H](C)O)C3C(=O)N[C@H]3C[C@H]4C[C@@H]([C@@H]3C)C4(C)C)C2OC)CC(N(C)C)C1. The molecule has 46 heavy (non-hydrogen) atoms. The summed E-state index contributed by atoms with van der Waals surface area (Å²) in [6, 6.07) is -0.322. The Morgan fingerprint density at radius 3 is 2.41 bits per heavy atom. The first-order valence-corrected chi connectivity index (χ1v) is 17.9. The van der Waals surface area contributed by atoms with Gasteiger partial charge in [0.25, 0.3) is 0 Å². The Labute approximate surface area is 276 Å². The summed E-state index contributed by atoms with van der Waals surface area (Å²) in [4.78, 5) is 40.6. The number of hydrogen-bond acceptors (Lipinski definition) is 9. The molecule has 2 bridgehead atoms. The molecule has 5 saturated carbocycles. The molecule has 7 unspecified atom stereocenters. The van der Waals surface area contributed by atoms with Crippen LogP contribution in [0.25, 0.3) is 0 Å². The molecule has 14 atom stereocenters. The fourth-order valence-electron chi connectivity index (χ4n) is 10.6. The summed E-state index contributed by atoms with van der Waals surface area (Å²) in [6.45, 7) is 8.87. The number of nitrogens with one attached hydrogen (secondary N) is 2. The van der Waals surface area contributed by atoms with Gasteiger partial charge in [0.05, 0.1) is 25.9 Å². The average Bonchev–Trinajstić information content (AvgIpc) is 3.40. The molecule has 0 spiro atoms. The summed E-state index contributed by atoms with van der Waals surface area (Å²) >= 11 is 0. The van der Waals surface area contributed by atoms with Crippen molar-refractivity contribution < 1.29 is 34.2 Å². The highest BCUT2D eigenvalue weighted by atomic mass is 16.7. The standard InChI is InChI=1S/C35H62N4O7/c1-19-27-15-24(35(27,3)4)16-28(19)36-34(43)31-30(20(2)41)29(18-40)46-39(31)17-21-10-9-11-26(32(21)44-7)22-12-23(33(42)37-45-8)14-25(13-22)38(5)6/h19-32,40-41H,9-18H2,1-8H3,(H,36,43)(H,37,42)/t19-,20-,21?,22?,23?,24+,25?,26?,27-,28-,29-,30+,31?,32?/m0/s1. The molecular formula is C35H62N4O7. The first kappa shape index (κ1) is 36.0. The van der Waals surface area contributed by atoms with Crippen LogP contribution in [0, 0.1) is 52.8 Å². The van der Waals surface area contributed by atoms with Crippen LogP contribution in [-0.2, 0) is 24.0 Å². The van der Waals surface area contributed by atoms with Crippen molar-refractivity contribution in [3.8, 4) is 0 Å². The Morgan fingerprint density at radius 1 is 1.09 bits per heavy atom. The minimum Gasteiger partial charge on any atom is -0.394 e. The van der Waals surface area contributed by atoms with Gasteiger partial charge in [-0.15, -0.1) is 0 Å². The van der Waals surface area contributed by atoms with Crippen LogP contribution >= 0.6 is 0 Å². The fraction of sp³-hybridized carbons (Fsp3) is 0.943. The van der Waals surface area contributed by atoms with Crippen molar-refractivity contribution in [1.82, 2.24) is 20.8 Å². The van der Waals surface area contributed by atoms with Gasteiger partial charge in [0.15, 0.2) is 0 Å². The predicted octanol–water partition coefficient (Wildman–Crippen LogP) is 2.60. The second-order valence-corrected chi connectivity index (χ2v) is 16.3. The van der Waals surface area contributed by atoms with E-state index < -0.39 is 24.2 Å². The number of methoxy groups -OCH3 is 1. The number of carbonyl (C=O) groups excluding carboxylic acids is 2. The number of hydroxylamine groups is 3. The molecule has 4 N–H and O–H groups in total. The molecule has 0 aromatic heterocycles. The molecule has 264 valence electrons. The second kappa shape index (κ2) is 14.6. The molecule has 1 saturated heterocycles. The van der Waals surface area contributed by atoms with Gasteiger partial charge in [0.2, 0.25) is 11.8 Å². The van der Waals surface area contributed by atoms with Crippen molar-refractivity contribution in [3.63, 3.8) is 0 Å².